The first kappa shape index (κ1) is 15.3. The molecular formula is C17H17NO5. The zero-order valence-corrected chi connectivity index (χ0v) is 12.4. The molecule has 120 valence electrons. The highest BCUT2D eigenvalue weighted by molar-refractivity contribution is 6.01. The van der Waals surface area contributed by atoms with Crippen LogP contribution in [-0.4, -0.2) is 52.8 Å². The number of phenols is 1. The van der Waals surface area contributed by atoms with E-state index in [4.69, 9.17) is 9.84 Å². The van der Waals surface area contributed by atoms with Gasteiger partial charge in [-0.25, -0.2) is 0 Å². The summed E-state index contributed by atoms with van der Waals surface area (Å²) in [6.45, 7) is 0.853. The van der Waals surface area contributed by atoms with Crippen LogP contribution in [0, 0.1) is 0 Å². The lowest BCUT2D eigenvalue weighted by molar-refractivity contribution is -0.139. The molecule has 1 saturated heterocycles. The van der Waals surface area contributed by atoms with Crippen molar-refractivity contribution in [1.29, 1.82) is 0 Å². The first-order valence-corrected chi connectivity index (χ1v) is 7.38. The quantitative estimate of drug-likeness (QED) is 0.903. The van der Waals surface area contributed by atoms with E-state index in [9.17, 15) is 14.7 Å². The maximum atomic E-state index is 12.8. The number of phenolic OH excluding ortho intramolecular Hbond substituents is 1. The first-order valence-electron chi connectivity index (χ1n) is 7.38. The minimum atomic E-state index is -0.985. The second kappa shape index (κ2) is 6.26. The van der Waals surface area contributed by atoms with Gasteiger partial charge in [0.05, 0.1) is 31.2 Å². The van der Waals surface area contributed by atoms with Crippen molar-refractivity contribution >= 4 is 22.6 Å². The average molecular weight is 315 g/mol. The minimum absolute atomic E-state index is 0.103. The number of amides is 1. The van der Waals surface area contributed by atoms with E-state index in [-0.39, 0.29) is 30.2 Å². The van der Waals surface area contributed by atoms with Crippen molar-refractivity contribution in [2.45, 2.75) is 12.5 Å². The summed E-state index contributed by atoms with van der Waals surface area (Å²) < 4.78 is 5.28. The van der Waals surface area contributed by atoms with Crippen LogP contribution in [0.25, 0.3) is 10.8 Å². The fourth-order valence-electron chi connectivity index (χ4n) is 2.85. The van der Waals surface area contributed by atoms with Gasteiger partial charge in [-0.1, -0.05) is 24.3 Å². The number of aromatic hydroxyl groups is 1. The topological polar surface area (TPSA) is 87.1 Å². The molecule has 1 fully saturated rings. The predicted molar refractivity (Wildman–Crippen MR) is 83.5 cm³/mol. The number of carbonyl (C=O) groups is 2. The molecule has 2 N–H and O–H groups in total. The van der Waals surface area contributed by atoms with Crippen LogP contribution in [0.4, 0.5) is 0 Å². The summed E-state index contributed by atoms with van der Waals surface area (Å²) >= 11 is 0. The van der Waals surface area contributed by atoms with E-state index in [0.717, 1.165) is 10.8 Å². The van der Waals surface area contributed by atoms with Gasteiger partial charge in [-0.3, -0.25) is 9.59 Å². The van der Waals surface area contributed by atoms with Gasteiger partial charge in [-0.15, -0.1) is 0 Å². The number of rotatable bonds is 3. The Morgan fingerprint density at radius 2 is 1.91 bits per heavy atom. The lowest BCUT2D eigenvalue weighted by Crippen LogP contribution is -2.49. The van der Waals surface area contributed by atoms with Crippen molar-refractivity contribution in [1.82, 2.24) is 4.90 Å². The van der Waals surface area contributed by atoms with Crippen LogP contribution in [-0.2, 0) is 9.53 Å². The minimum Gasteiger partial charge on any atom is -0.507 e. The van der Waals surface area contributed by atoms with E-state index in [1.54, 1.807) is 12.1 Å². The standard InChI is InChI=1S/C17H17NO5/c19-15-8-12-4-2-1-3-11(12)7-14(15)17(22)18-5-6-23-10-13(18)9-16(20)21/h1-4,7-8,13,19H,5-6,9-10H2,(H,20,21)/t13-/m1/s1. The van der Waals surface area contributed by atoms with Crippen LogP contribution in [0.1, 0.15) is 16.8 Å². The second-order valence-electron chi connectivity index (χ2n) is 5.54. The Morgan fingerprint density at radius 3 is 2.61 bits per heavy atom. The number of hydrogen-bond acceptors (Lipinski definition) is 4. The molecule has 23 heavy (non-hydrogen) atoms. The average Bonchev–Trinajstić information content (AvgIpc) is 2.53. The molecule has 6 heteroatoms. The van der Waals surface area contributed by atoms with Crippen molar-refractivity contribution in [3.63, 3.8) is 0 Å². The van der Waals surface area contributed by atoms with Crippen LogP contribution in [0.3, 0.4) is 0 Å². The summed E-state index contributed by atoms with van der Waals surface area (Å²) in [5.41, 5.74) is 0.181. The van der Waals surface area contributed by atoms with E-state index < -0.39 is 12.0 Å². The Labute approximate surface area is 132 Å². The summed E-state index contributed by atoms with van der Waals surface area (Å²) in [7, 11) is 0. The summed E-state index contributed by atoms with van der Waals surface area (Å²) in [4.78, 5) is 25.2. The number of hydrogen-bond donors (Lipinski definition) is 2. The van der Waals surface area contributed by atoms with Gasteiger partial charge in [0.25, 0.3) is 5.91 Å². The number of aliphatic carboxylic acids is 1. The van der Waals surface area contributed by atoms with E-state index >= 15 is 0 Å². The van der Waals surface area contributed by atoms with Crippen molar-refractivity contribution in [3.8, 4) is 5.75 Å². The van der Waals surface area contributed by atoms with Gasteiger partial charge in [0.2, 0.25) is 0 Å². The summed E-state index contributed by atoms with van der Waals surface area (Å²) in [6, 6.07) is 10.1. The number of nitrogens with zero attached hydrogens (tertiary/aromatic N) is 1. The van der Waals surface area contributed by atoms with E-state index in [0.29, 0.717) is 13.2 Å². The normalized spacial score (nSPS) is 18.1. The van der Waals surface area contributed by atoms with Gasteiger partial charge in [-0.2, -0.15) is 0 Å². The third kappa shape index (κ3) is 3.12. The molecule has 6 nitrogen and oxygen atoms in total. The molecule has 0 unspecified atom stereocenters. The Balaban J connectivity index is 1.94. The Hall–Kier alpha value is -2.60. The molecule has 0 bridgehead atoms. The molecule has 1 aliphatic rings. The number of ether oxygens (including phenoxy) is 1. The molecule has 1 atom stereocenters. The molecule has 2 aromatic carbocycles. The highest BCUT2D eigenvalue weighted by Gasteiger charge is 2.31. The summed E-state index contributed by atoms with van der Waals surface area (Å²) in [5.74, 6) is -1.46. The molecule has 0 aromatic heterocycles. The van der Waals surface area contributed by atoms with Gasteiger partial charge in [0.15, 0.2) is 0 Å². The van der Waals surface area contributed by atoms with Crippen LogP contribution in [0.15, 0.2) is 36.4 Å². The molecule has 0 saturated carbocycles. The molecule has 1 amide bonds. The molecule has 0 aliphatic carbocycles. The molecule has 0 radical (unpaired) electrons. The first-order chi connectivity index (χ1) is 11.1. The lowest BCUT2D eigenvalue weighted by Gasteiger charge is -2.35. The molecule has 0 spiro atoms. The number of fused-ring (bicyclic) bond motifs is 1. The number of carboxylic acids is 1. The number of morpholine rings is 1. The monoisotopic (exact) mass is 315 g/mol. The smallest absolute Gasteiger partial charge is 0.305 e. The van der Waals surface area contributed by atoms with Crippen LogP contribution in [0.2, 0.25) is 0 Å². The molecule has 3 rings (SSSR count). The molecule has 1 aliphatic heterocycles. The molecule has 2 aromatic rings. The van der Waals surface area contributed by atoms with E-state index in [1.165, 1.54) is 4.90 Å². The van der Waals surface area contributed by atoms with Gasteiger partial charge in [-0.05, 0) is 22.9 Å². The van der Waals surface area contributed by atoms with Crippen LogP contribution >= 0.6 is 0 Å². The van der Waals surface area contributed by atoms with Crippen LogP contribution < -0.4 is 0 Å². The van der Waals surface area contributed by atoms with E-state index in [2.05, 4.69) is 0 Å². The fraction of sp³-hybridized carbons (Fsp3) is 0.294. The maximum absolute atomic E-state index is 12.8. The predicted octanol–water partition coefficient (Wildman–Crippen LogP) is 1.86. The largest absolute Gasteiger partial charge is 0.507 e. The zero-order chi connectivity index (χ0) is 16.4. The van der Waals surface area contributed by atoms with Gasteiger partial charge in [0, 0.05) is 6.54 Å². The SMILES string of the molecule is O=C(O)C[C@@H]1COCCN1C(=O)c1cc2ccccc2cc1O. The van der Waals surface area contributed by atoms with Gasteiger partial charge >= 0.3 is 5.97 Å². The zero-order valence-electron chi connectivity index (χ0n) is 12.4. The summed E-state index contributed by atoms with van der Waals surface area (Å²) in [6.07, 6.45) is -0.180. The van der Waals surface area contributed by atoms with Gasteiger partial charge in [0.1, 0.15) is 5.75 Å². The fourth-order valence-corrected chi connectivity index (χ4v) is 2.85. The van der Waals surface area contributed by atoms with Crippen molar-refractivity contribution in [2.24, 2.45) is 0 Å². The third-order valence-electron chi connectivity index (χ3n) is 3.99. The highest BCUT2D eigenvalue weighted by atomic mass is 16.5. The molecule has 1 heterocycles. The Kier molecular flexibility index (Phi) is 4.16. The maximum Gasteiger partial charge on any atom is 0.305 e. The van der Waals surface area contributed by atoms with Crippen molar-refractivity contribution < 1.29 is 24.5 Å². The highest BCUT2D eigenvalue weighted by Crippen LogP contribution is 2.27. The number of carbonyl (C=O) groups excluding carboxylic acids is 1. The van der Waals surface area contributed by atoms with E-state index in [1.807, 2.05) is 24.3 Å². The second-order valence-corrected chi connectivity index (χ2v) is 5.54. The lowest BCUT2D eigenvalue weighted by atomic mass is 10.0. The Morgan fingerprint density at radius 1 is 1.22 bits per heavy atom. The molecular weight excluding hydrogens is 298 g/mol. The van der Waals surface area contributed by atoms with Gasteiger partial charge < -0.3 is 19.8 Å². The number of benzene rings is 2. The summed E-state index contributed by atoms with van der Waals surface area (Å²) in [5, 5.41) is 20.9. The third-order valence-corrected chi connectivity index (χ3v) is 3.99. The van der Waals surface area contributed by atoms with Crippen molar-refractivity contribution in [2.75, 3.05) is 19.8 Å². The van der Waals surface area contributed by atoms with Crippen LogP contribution in [0.5, 0.6) is 5.75 Å². The van der Waals surface area contributed by atoms with Crippen molar-refractivity contribution in [3.05, 3.63) is 42.0 Å². The Bertz CT molecular complexity index is 758. The number of carboxylic acid groups (broad SMARTS) is 1.